The first-order valence-corrected chi connectivity index (χ1v) is 13.3. The van der Waals surface area contributed by atoms with E-state index in [9.17, 15) is 9.59 Å². The van der Waals surface area contributed by atoms with Gasteiger partial charge in [0, 0.05) is 37.1 Å². The minimum absolute atomic E-state index is 0.0241. The molecule has 0 unspecified atom stereocenters. The van der Waals surface area contributed by atoms with Gasteiger partial charge in [0.1, 0.15) is 17.0 Å². The molecule has 1 amide bonds. The van der Waals surface area contributed by atoms with Gasteiger partial charge in [0.25, 0.3) is 5.91 Å². The number of alkyl halides is 1. The van der Waals surface area contributed by atoms with Crippen LogP contribution in [0.5, 0.6) is 0 Å². The lowest BCUT2D eigenvalue weighted by molar-refractivity contribution is 0.0931. The summed E-state index contributed by atoms with van der Waals surface area (Å²) in [6.07, 6.45) is 3.44. The van der Waals surface area contributed by atoms with Crippen molar-refractivity contribution < 1.29 is 9.18 Å². The Morgan fingerprint density at radius 1 is 1.27 bits per heavy atom. The summed E-state index contributed by atoms with van der Waals surface area (Å²) in [5.74, 6) is -0.279. The molecule has 12 heteroatoms. The van der Waals surface area contributed by atoms with Crippen LogP contribution in [0.3, 0.4) is 0 Å². The van der Waals surface area contributed by atoms with Gasteiger partial charge in [-0.05, 0) is 44.9 Å². The minimum Gasteiger partial charge on any atom is -0.382 e. The van der Waals surface area contributed by atoms with E-state index in [4.69, 9.17) is 0 Å². The Morgan fingerprint density at radius 2 is 2.08 bits per heavy atom. The molecule has 1 fully saturated rings. The summed E-state index contributed by atoms with van der Waals surface area (Å²) in [5, 5.41) is 13.8. The maximum Gasteiger partial charge on any atom is 0.349 e. The second-order valence-corrected chi connectivity index (χ2v) is 9.85. The fourth-order valence-electron chi connectivity index (χ4n) is 4.37. The maximum absolute atomic E-state index is 15.3. The predicted molar refractivity (Wildman–Crippen MR) is 146 cm³/mol. The summed E-state index contributed by atoms with van der Waals surface area (Å²) in [4.78, 5) is 37.6. The topological polar surface area (TPSA) is 125 Å². The fourth-order valence-corrected chi connectivity index (χ4v) is 5.07. The van der Waals surface area contributed by atoms with Gasteiger partial charge in [-0.15, -0.1) is 0 Å². The Labute approximate surface area is 221 Å². The molecule has 3 aromatic rings. The Morgan fingerprint density at radius 3 is 2.78 bits per heavy atom. The van der Waals surface area contributed by atoms with Crippen LogP contribution in [0.1, 0.15) is 41.5 Å². The number of amides is 1. The molecule has 3 heterocycles. The number of nitrogens with one attached hydrogen (secondary N) is 4. The van der Waals surface area contributed by atoms with E-state index in [1.165, 1.54) is 10.9 Å². The van der Waals surface area contributed by atoms with Gasteiger partial charge < -0.3 is 21.3 Å². The molecule has 1 aromatic carbocycles. The number of carbonyl (C=O) groups is 1. The lowest BCUT2D eigenvalue weighted by Crippen LogP contribution is -2.38. The molecular formula is C25H28BrFN8O2. The molecule has 5 rings (SSSR count). The first-order chi connectivity index (χ1) is 17.9. The van der Waals surface area contributed by atoms with E-state index >= 15 is 4.39 Å². The fraction of sp³-hybridized carbons (Fsp3) is 0.400. The molecule has 0 saturated heterocycles. The summed E-state index contributed by atoms with van der Waals surface area (Å²) >= 11 is 3.46. The van der Waals surface area contributed by atoms with Gasteiger partial charge in [-0.25, -0.2) is 19.2 Å². The molecule has 4 N–H and O–H groups in total. The third-order valence-electron chi connectivity index (χ3n) is 6.69. The van der Waals surface area contributed by atoms with E-state index in [1.807, 2.05) is 19.9 Å². The van der Waals surface area contributed by atoms with Gasteiger partial charge in [0.2, 0.25) is 0 Å². The molecule has 1 aliphatic carbocycles. The Kier molecular flexibility index (Phi) is 6.95. The lowest BCUT2D eigenvalue weighted by atomic mass is 10.1. The van der Waals surface area contributed by atoms with Crippen molar-refractivity contribution in [3.8, 4) is 0 Å². The van der Waals surface area contributed by atoms with Gasteiger partial charge in [-0.2, -0.15) is 4.98 Å². The number of hydrogen-bond donors (Lipinski definition) is 4. The quantitative estimate of drug-likeness (QED) is 0.218. The molecule has 0 spiro atoms. The van der Waals surface area contributed by atoms with Gasteiger partial charge in [0.15, 0.2) is 5.82 Å². The average Bonchev–Trinajstić information content (AvgIpc) is 3.67. The van der Waals surface area contributed by atoms with Crippen LogP contribution in [0, 0.1) is 12.7 Å². The standard InChI is InChI=1S/C25H28BrFN8O2/c1-3-35-22-19-18(30-13-31-22)10-15(20(27)21(19)33-24(35)37)11-28-8-9-29-16-4-5-17(32-14(16)2)23(36)34-25(12-26)6-7-25/h4-5,10,13,28-29H,3,6-9,11-12H2,1-2H3,(H,30,31)(H,34,36). The lowest BCUT2D eigenvalue weighted by Gasteiger charge is -2.18. The molecule has 0 radical (unpaired) electrons. The van der Waals surface area contributed by atoms with Gasteiger partial charge in [-0.3, -0.25) is 9.36 Å². The largest absolute Gasteiger partial charge is 0.382 e. The van der Waals surface area contributed by atoms with Crippen molar-refractivity contribution in [3.05, 3.63) is 51.5 Å². The number of nitrogens with zero attached hydrogens (tertiary/aromatic N) is 4. The smallest absolute Gasteiger partial charge is 0.349 e. The molecule has 1 saturated carbocycles. The van der Waals surface area contributed by atoms with E-state index in [1.54, 1.807) is 12.1 Å². The number of carbonyl (C=O) groups excluding carboxylic acids is 1. The van der Waals surface area contributed by atoms with Crippen molar-refractivity contribution in [2.75, 3.05) is 29.1 Å². The van der Waals surface area contributed by atoms with Crippen molar-refractivity contribution in [3.63, 3.8) is 0 Å². The van der Waals surface area contributed by atoms with Crippen molar-refractivity contribution >= 4 is 56.3 Å². The Hall–Kier alpha value is -3.38. The zero-order valence-electron chi connectivity index (χ0n) is 20.6. The van der Waals surface area contributed by atoms with Crippen LogP contribution in [-0.2, 0) is 13.1 Å². The molecule has 37 heavy (non-hydrogen) atoms. The van der Waals surface area contributed by atoms with Crippen molar-refractivity contribution in [2.45, 2.75) is 45.3 Å². The van der Waals surface area contributed by atoms with Crippen LogP contribution in [-0.4, -0.2) is 50.7 Å². The number of rotatable bonds is 10. The highest BCUT2D eigenvalue weighted by molar-refractivity contribution is 9.09. The molecular weight excluding hydrogens is 543 g/mol. The summed E-state index contributed by atoms with van der Waals surface area (Å²) in [7, 11) is 0. The SMILES string of the molecule is CCn1c2c3c(cc(CNCCNc4ccc(C(=O)NC5(CBr)CC5)nc4C)c(F)c3nc1=O)NC=N2. The number of hydrogen-bond acceptors (Lipinski definition) is 8. The van der Waals surface area contributed by atoms with Crippen molar-refractivity contribution in [1.82, 2.24) is 25.2 Å². The summed E-state index contributed by atoms with van der Waals surface area (Å²) in [6.45, 7) is 5.45. The van der Waals surface area contributed by atoms with Gasteiger partial charge >= 0.3 is 5.69 Å². The first kappa shape index (κ1) is 25.3. The van der Waals surface area contributed by atoms with Crippen LogP contribution >= 0.6 is 15.9 Å². The molecule has 0 bridgehead atoms. The van der Waals surface area contributed by atoms with Crippen molar-refractivity contribution in [1.29, 1.82) is 0 Å². The van der Waals surface area contributed by atoms with Crippen LogP contribution in [0.15, 0.2) is 28.0 Å². The Balaban J connectivity index is 1.20. The van der Waals surface area contributed by atoms with E-state index in [-0.39, 0.29) is 23.5 Å². The second-order valence-electron chi connectivity index (χ2n) is 9.29. The number of anilines is 2. The van der Waals surface area contributed by atoms with E-state index in [2.05, 4.69) is 52.2 Å². The highest BCUT2D eigenvalue weighted by atomic mass is 79.9. The third-order valence-corrected chi connectivity index (χ3v) is 7.77. The third kappa shape index (κ3) is 4.95. The maximum atomic E-state index is 15.3. The monoisotopic (exact) mass is 570 g/mol. The minimum atomic E-state index is -0.526. The number of aryl methyl sites for hydroxylation is 1. The molecule has 0 atom stereocenters. The highest BCUT2D eigenvalue weighted by Gasteiger charge is 2.43. The predicted octanol–water partition coefficient (Wildman–Crippen LogP) is 3.20. The molecule has 2 aliphatic rings. The van der Waals surface area contributed by atoms with E-state index in [0.717, 1.165) is 29.6 Å². The summed E-state index contributed by atoms with van der Waals surface area (Å²) in [6, 6.07) is 5.28. The first-order valence-electron chi connectivity index (χ1n) is 12.2. The number of aliphatic imine (C=N–C) groups is 1. The zero-order chi connectivity index (χ0) is 26.2. The zero-order valence-corrected chi connectivity index (χ0v) is 22.2. The normalized spacial score (nSPS) is 14.9. The van der Waals surface area contributed by atoms with Crippen LogP contribution in [0.4, 0.5) is 21.6 Å². The second kappa shape index (κ2) is 10.2. The van der Waals surface area contributed by atoms with Crippen LogP contribution < -0.4 is 27.0 Å². The number of halogens is 2. The van der Waals surface area contributed by atoms with Crippen molar-refractivity contribution in [2.24, 2.45) is 4.99 Å². The number of pyridine rings is 1. The van der Waals surface area contributed by atoms with Crippen LogP contribution in [0.2, 0.25) is 0 Å². The summed E-state index contributed by atoms with van der Waals surface area (Å²) < 4.78 is 16.7. The van der Waals surface area contributed by atoms with E-state index in [0.29, 0.717) is 47.8 Å². The van der Waals surface area contributed by atoms with Gasteiger partial charge in [-0.1, -0.05) is 15.9 Å². The summed E-state index contributed by atoms with van der Waals surface area (Å²) in [5.41, 5.74) is 2.39. The number of aromatic nitrogens is 3. The number of benzene rings is 1. The van der Waals surface area contributed by atoms with Gasteiger partial charge in [0.05, 0.1) is 34.3 Å². The molecule has 194 valence electrons. The average molecular weight is 571 g/mol. The molecule has 10 nitrogen and oxygen atoms in total. The molecule has 1 aliphatic heterocycles. The molecule has 2 aromatic heterocycles. The Bertz CT molecular complexity index is 1470. The van der Waals surface area contributed by atoms with Crippen LogP contribution in [0.25, 0.3) is 10.9 Å². The highest BCUT2D eigenvalue weighted by Crippen LogP contribution is 2.37. The van der Waals surface area contributed by atoms with E-state index < -0.39 is 11.5 Å².